The van der Waals surface area contributed by atoms with Crippen LogP contribution in [0.3, 0.4) is 0 Å². The molecule has 182 valence electrons. The monoisotopic (exact) mass is 493 g/mol. The first-order valence-electron chi connectivity index (χ1n) is 11.5. The second-order valence-corrected chi connectivity index (χ2v) is 9.18. The quantitative estimate of drug-likeness (QED) is 0.448. The Morgan fingerprint density at radius 1 is 1.11 bits per heavy atom. The van der Waals surface area contributed by atoms with Gasteiger partial charge < -0.3 is 20.1 Å². The number of alkyl carbamates (subject to hydrolysis) is 1. The van der Waals surface area contributed by atoms with Gasteiger partial charge in [-0.2, -0.15) is 0 Å². The van der Waals surface area contributed by atoms with Crippen LogP contribution in [0.4, 0.5) is 4.79 Å². The lowest BCUT2D eigenvalue weighted by Crippen LogP contribution is -2.33. The summed E-state index contributed by atoms with van der Waals surface area (Å²) < 4.78 is 5.59. The molecule has 2 N–H and O–H groups in total. The van der Waals surface area contributed by atoms with Crippen LogP contribution in [0, 0.1) is 0 Å². The predicted octanol–water partition coefficient (Wildman–Crippen LogP) is 4.68. The van der Waals surface area contributed by atoms with Crippen LogP contribution in [-0.2, 0) is 9.53 Å². The van der Waals surface area contributed by atoms with Crippen molar-refractivity contribution in [2.45, 2.75) is 32.2 Å². The predicted molar refractivity (Wildman–Crippen MR) is 133 cm³/mol. The van der Waals surface area contributed by atoms with Crippen molar-refractivity contribution in [2.75, 3.05) is 19.7 Å². The number of aliphatic carboxylic acids is 1. The molecule has 3 aromatic rings. The second-order valence-electron chi connectivity index (χ2n) is 8.29. The zero-order valence-corrected chi connectivity index (χ0v) is 20.4. The molecule has 1 aliphatic rings. The number of fused-ring (bicyclic) bond motifs is 3. The van der Waals surface area contributed by atoms with E-state index in [-0.39, 0.29) is 37.1 Å². The van der Waals surface area contributed by atoms with Crippen LogP contribution in [-0.4, -0.2) is 52.7 Å². The Hall–Kier alpha value is -3.72. The minimum atomic E-state index is -0.962. The summed E-state index contributed by atoms with van der Waals surface area (Å²) in [7, 11) is 0. The Morgan fingerprint density at radius 2 is 1.74 bits per heavy atom. The zero-order valence-electron chi connectivity index (χ0n) is 19.6. The van der Waals surface area contributed by atoms with E-state index in [4.69, 9.17) is 9.84 Å². The molecule has 2 aromatic carbocycles. The average Bonchev–Trinajstić information content (AvgIpc) is 3.47. The third-order valence-corrected chi connectivity index (χ3v) is 7.08. The standard InChI is InChI=1S/C26H27N3O5S/c1-3-29(13-12-23(30)31)25(32)22-15-35-24(28-22)16(2)27-26(33)34-14-21-19-10-6-4-8-17(19)18-9-5-7-11-20(18)21/h4-11,15-16,21H,3,12-14H2,1-2H3,(H,27,33)(H,30,31). The first-order valence-corrected chi connectivity index (χ1v) is 12.3. The molecule has 1 unspecified atom stereocenters. The Kier molecular flexibility index (Phi) is 7.45. The molecule has 0 aliphatic heterocycles. The van der Waals surface area contributed by atoms with Gasteiger partial charge in [-0.1, -0.05) is 48.5 Å². The lowest BCUT2D eigenvalue weighted by molar-refractivity contribution is -0.137. The number of hydrogen-bond donors (Lipinski definition) is 2. The highest BCUT2D eigenvalue weighted by Crippen LogP contribution is 2.44. The van der Waals surface area contributed by atoms with Crippen LogP contribution in [0.2, 0.25) is 0 Å². The first-order chi connectivity index (χ1) is 16.9. The summed E-state index contributed by atoms with van der Waals surface area (Å²) >= 11 is 1.26. The molecule has 0 spiro atoms. The number of nitrogens with one attached hydrogen (secondary N) is 1. The number of thiazole rings is 1. The van der Waals surface area contributed by atoms with Gasteiger partial charge in [-0.25, -0.2) is 9.78 Å². The summed E-state index contributed by atoms with van der Waals surface area (Å²) in [5.74, 6) is -1.32. The number of carboxylic acids is 1. The molecule has 0 saturated heterocycles. The largest absolute Gasteiger partial charge is 0.481 e. The Morgan fingerprint density at radius 3 is 2.34 bits per heavy atom. The van der Waals surface area contributed by atoms with Crippen molar-refractivity contribution in [1.82, 2.24) is 15.2 Å². The van der Waals surface area contributed by atoms with E-state index in [0.717, 1.165) is 22.3 Å². The second kappa shape index (κ2) is 10.7. The van der Waals surface area contributed by atoms with Gasteiger partial charge in [0, 0.05) is 24.4 Å². The smallest absolute Gasteiger partial charge is 0.407 e. The van der Waals surface area contributed by atoms with Gasteiger partial charge in [0.2, 0.25) is 0 Å². The van der Waals surface area contributed by atoms with E-state index in [2.05, 4.69) is 34.6 Å². The van der Waals surface area contributed by atoms with Crippen molar-refractivity contribution >= 4 is 29.3 Å². The summed E-state index contributed by atoms with van der Waals surface area (Å²) in [6.45, 7) is 4.27. The maximum Gasteiger partial charge on any atom is 0.407 e. The number of hydrogen-bond acceptors (Lipinski definition) is 6. The van der Waals surface area contributed by atoms with E-state index >= 15 is 0 Å². The van der Waals surface area contributed by atoms with Crippen LogP contribution >= 0.6 is 11.3 Å². The molecule has 0 radical (unpaired) electrons. The number of carbonyl (C=O) groups is 3. The number of ether oxygens (including phenoxy) is 1. The molecule has 1 heterocycles. The molecule has 1 aliphatic carbocycles. The van der Waals surface area contributed by atoms with Crippen LogP contribution < -0.4 is 5.32 Å². The van der Waals surface area contributed by atoms with E-state index in [1.54, 1.807) is 19.2 Å². The van der Waals surface area contributed by atoms with Crippen molar-refractivity contribution in [3.63, 3.8) is 0 Å². The summed E-state index contributed by atoms with van der Waals surface area (Å²) in [5, 5.41) is 13.9. The number of rotatable bonds is 9. The SMILES string of the molecule is CCN(CCC(=O)O)C(=O)c1csc(C(C)NC(=O)OCC2c3ccccc3-c3ccccc32)n1. The molecular formula is C26H27N3O5S. The molecule has 9 heteroatoms. The highest BCUT2D eigenvalue weighted by molar-refractivity contribution is 7.09. The third-order valence-electron chi connectivity index (χ3n) is 6.05. The van der Waals surface area contributed by atoms with E-state index in [9.17, 15) is 14.4 Å². The lowest BCUT2D eigenvalue weighted by Gasteiger charge is -2.18. The Bertz CT molecular complexity index is 1200. The molecule has 8 nitrogen and oxygen atoms in total. The number of carbonyl (C=O) groups excluding carboxylic acids is 2. The van der Waals surface area contributed by atoms with Gasteiger partial charge >= 0.3 is 12.1 Å². The van der Waals surface area contributed by atoms with E-state index in [0.29, 0.717) is 11.6 Å². The summed E-state index contributed by atoms with van der Waals surface area (Å²) in [6.07, 6.45) is -0.685. The van der Waals surface area contributed by atoms with Crippen molar-refractivity contribution in [3.8, 4) is 11.1 Å². The van der Waals surface area contributed by atoms with Gasteiger partial charge in [-0.15, -0.1) is 11.3 Å². The molecule has 2 amide bonds. The van der Waals surface area contributed by atoms with Gasteiger partial charge in [-0.05, 0) is 36.1 Å². The normalized spacial score (nSPS) is 13.0. The number of nitrogens with zero attached hydrogens (tertiary/aromatic N) is 2. The lowest BCUT2D eigenvalue weighted by atomic mass is 9.98. The topological polar surface area (TPSA) is 109 Å². The van der Waals surface area contributed by atoms with Crippen molar-refractivity contribution in [1.29, 1.82) is 0 Å². The zero-order chi connectivity index (χ0) is 24.9. The molecule has 1 atom stereocenters. The highest BCUT2D eigenvalue weighted by atomic mass is 32.1. The minimum absolute atomic E-state index is 0.0293. The molecular weight excluding hydrogens is 466 g/mol. The fourth-order valence-electron chi connectivity index (χ4n) is 4.26. The van der Waals surface area contributed by atoms with Crippen molar-refractivity contribution in [2.24, 2.45) is 0 Å². The molecule has 0 saturated carbocycles. The van der Waals surface area contributed by atoms with Crippen LogP contribution in [0.5, 0.6) is 0 Å². The van der Waals surface area contributed by atoms with E-state index in [1.807, 2.05) is 24.3 Å². The molecule has 1 aromatic heterocycles. The molecule has 4 rings (SSSR count). The number of carboxylic acid groups (broad SMARTS) is 1. The third kappa shape index (κ3) is 5.35. The average molecular weight is 494 g/mol. The maximum atomic E-state index is 12.7. The van der Waals surface area contributed by atoms with Crippen LogP contribution in [0.25, 0.3) is 11.1 Å². The number of aromatic nitrogens is 1. The van der Waals surface area contributed by atoms with Crippen LogP contribution in [0.15, 0.2) is 53.9 Å². The number of benzene rings is 2. The Labute approximate surface area is 207 Å². The number of amides is 2. The van der Waals surface area contributed by atoms with E-state index < -0.39 is 18.1 Å². The maximum absolute atomic E-state index is 12.7. The summed E-state index contributed by atoms with van der Waals surface area (Å²) in [6, 6.07) is 15.8. The van der Waals surface area contributed by atoms with Crippen LogP contribution in [0.1, 0.15) is 58.9 Å². The first kappa shape index (κ1) is 24.4. The van der Waals surface area contributed by atoms with Crippen molar-refractivity contribution < 1.29 is 24.2 Å². The van der Waals surface area contributed by atoms with Gasteiger partial charge in [0.25, 0.3) is 5.91 Å². The molecule has 0 fully saturated rings. The minimum Gasteiger partial charge on any atom is -0.481 e. The Balaban J connectivity index is 1.35. The van der Waals surface area contributed by atoms with Gasteiger partial charge in [-0.3, -0.25) is 9.59 Å². The summed E-state index contributed by atoms with van der Waals surface area (Å²) in [4.78, 5) is 41.9. The van der Waals surface area contributed by atoms with Gasteiger partial charge in [0.15, 0.2) is 0 Å². The summed E-state index contributed by atoms with van der Waals surface area (Å²) in [5.41, 5.74) is 4.84. The fraction of sp³-hybridized carbons (Fsp3) is 0.308. The molecule has 0 bridgehead atoms. The fourth-order valence-corrected chi connectivity index (χ4v) is 5.06. The van der Waals surface area contributed by atoms with E-state index in [1.165, 1.54) is 16.2 Å². The van der Waals surface area contributed by atoms with Gasteiger partial charge in [0.1, 0.15) is 17.3 Å². The molecule has 35 heavy (non-hydrogen) atoms. The van der Waals surface area contributed by atoms with Gasteiger partial charge in [0.05, 0.1) is 12.5 Å². The highest BCUT2D eigenvalue weighted by Gasteiger charge is 2.29. The van der Waals surface area contributed by atoms with Crippen molar-refractivity contribution in [3.05, 3.63) is 75.7 Å².